The first-order chi connectivity index (χ1) is 13.2. The lowest BCUT2D eigenvalue weighted by molar-refractivity contribution is 0.102. The number of carbonyl (C=O) groups excluding carboxylic acids is 1. The second kappa shape index (κ2) is 6.61. The van der Waals surface area contributed by atoms with Gasteiger partial charge in [-0.15, -0.1) is 0 Å². The predicted octanol–water partition coefficient (Wildman–Crippen LogP) is 2.68. The summed E-state index contributed by atoms with van der Waals surface area (Å²) in [6.07, 6.45) is 5.85. The van der Waals surface area contributed by atoms with E-state index in [4.69, 9.17) is 4.98 Å². The first-order valence-electron chi connectivity index (χ1n) is 9.09. The van der Waals surface area contributed by atoms with Crippen molar-refractivity contribution < 1.29 is 4.79 Å². The van der Waals surface area contributed by atoms with Gasteiger partial charge in [-0.3, -0.25) is 4.79 Å². The van der Waals surface area contributed by atoms with Crippen molar-refractivity contribution in [2.45, 2.75) is 24.9 Å². The van der Waals surface area contributed by atoms with Crippen LogP contribution in [0.1, 0.15) is 23.2 Å². The number of piperidine rings is 2. The lowest BCUT2D eigenvalue weighted by Gasteiger charge is -2.46. The summed E-state index contributed by atoms with van der Waals surface area (Å²) in [5.74, 6) is 0.692. The molecule has 0 aliphatic carbocycles. The van der Waals surface area contributed by atoms with Gasteiger partial charge >= 0.3 is 0 Å². The number of carbonyl (C=O) groups is 1. The van der Waals surface area contributed by atoms with E-state index >= 15 is 0 Å². The van der Waals surface area contributed by atoms with Crippen molar-refractivity contribution in [1.82, 2.24) is 19.9 Å². The minimum Gasteiger partial charge on any atom is -0.351 e. The maximum Gasteiger partial charge on any atom is 0.261 e. The minimum atomic E-state index is -0.219. The molecule has 6 rings (SSSR count). The first kappa shape index (κ1) is 16.7. The zero-order valence-electron chi connectivity index (χ0n) is 14.6. The highest BCUT2D eigenvalue weighted by molar-refractivity contribution is 9.10. The molecule has 138 valence electrons. The van der Waals surface area contributed by atoms with Gasteiger partial charge in [-0.1, -0.05) is 12.1 Å². The summed E-state index contributed by atoms with van der Waals surface area (Å²) < 4.78 is 2.49. The van der Waals surface area contributed by atoms with Crippen molar-refractivity contribution in [3.8, 4) is 0 Å². The summed E-state index contributed by atoms with van der Waals surface area (Å²) in [4.78, 5) is 20.0. The number of benzene rings is 1. The lowest BCUT2D eigenvalue weighted by atomic mass is 9.93. The number of nitrogens with zero attached hydrogens (tertiary/aromatic N) is 4. The molecule has 1 aromatic carbocycles. The molecule has 0 saturated carbocycles. The van der Waals surface area contributed by atoms with Crippen LogP contribution in [0.15, 0.2) is 47.2 Å². The number of aromatic nitrogens is 3. The second-order valence-corrected chi connectivity index (χ2v) is 7.89. The van der Waals surface area contributed by atoms with Crippen LogP contribution in [-0.4, -0.2) is 45.7 Å². The zero-order chi connectivity index (χ0) is 18.4. The van der Waals surface area contributed by atoms with Crippen molar-refractivity contribution in [1.29, 1.82) is 0 Å². The van der Waals surface area contributed by atoms with Gasteiger partial charge in [0.15, 0.2) is 5.65 Å². The van der Waals surface area contributed by atoms with Gasteiger partial charge in [0, 0.05) is 35.8 Å². The normalized spacial score (nSPS) is 21.6. The Balaban J connectivity index is 1.47. The SMILES string of the molecule is O=C(Nc1ccccc1Br)c1cnn2ccc(N3CC4CCC3CN4)nc12. The predicted molar refractivity (Wildman–Crippen MR) is 107 cm³/mol. The number of hydrogen-bond donors (Lipinski definition) is 2. The molecule has 1 amide bonds. The summed E-state index contributed by atoms with van der Waals surface area (Å²) in [5.41, 5.74) is 1.76. The van der Waals surface area contributed by atoms with Crippen molar-refractivity contribution in [2.75, 3.05) is 23.3 Å². The highest BCUT2D eigenvalue weighted by Gasteiger charge is 2.34. The zero-order valence-corrected chi connectivity index (χ0v) is 16.2. The van der Waals surface area contributed by atoms with E-state index in [2.05, 4.69) is 36.6 Å². The molecular formula is C19H19BrN6O. The van der Waals surface area contributed by atoms with Crippen LogP contribution in [-0.2, 0) is 0 Å². The summed E-state index contributed by atoms with van der Waals surface area (Å²) in [6, 6.07) is 10.5. The first-order valence-corrected chi connectivity index (χ1v) is 9.88. The van der Waals surface area contributed by atoms with Crippen LogP contribution >= 0.6 is 15.9 Å². The van der Waals surface area contributed by atoms with E-state index < -0.39 is 0 Å². The van der Waals surface area contributed by atoms with Gasteiger partial charge in [0.2, 0.25) is 0 Å². The fourth-order valence-electron chi connectivity index (χ4n) is 3.92. The Morgan fingerprint density at radius 2 is 2.15 bits per heavy atom. The van der Waals surface area contributed by atoms with E-state index in [-0.39, 0.29) is 5.91 Å². The van der Waals surface area contributed by atoms with Gasteiger partial charge in [-0.25, -0.2) is 9.50 Å². The molecule has 3 aromatic rings. The minimum absolute atomic E-state index is 0.219. The molecule has 5 heterocycles. The Kier molecular flexibility index (Phi) is 4.09. The highest BCUT2D eigenvalue weighted by Crippen LogP contribution is 2.28. The van der Waals surface area contributed by atoms with Crippen molar-refractivity contribution >= 4 is 39.0 Å². The summed E-state index contributed by atoms with van der Waals surface area (Å²) in [6.45, 7) is 1.95. The smallest absolute Gasteiger partial charge is 0.261 e. The number of para-hydroxylation sites is 1. The summed E-state index contributed by atoms with van der Waals surface area (Å²) >= 11 is 3.46. The Morgan fingerprint density at radius 3 is 2.89 bits per heavy atom. The van der Waals surface area contributed by atoms with Crippen LogP contribution in [0, 0.1) is 0 Å². The Morgan fingerprint density at radius 1 is 1.26 bits per heavy atom. The monoisotopic (exact) mass is 426 g/mol. The maximum absolute atomic E-state index is 12.8. The Bertz CT molecular complexity index is 1010. The van der Waals surface area contributed by atoms with Gasteiger partial charge in [0.05, 0.1) is 11.9 Å². The standard InChI is InChI=1S/C19H19BrN6O/c20-15-3-1-2-4-16(15)23-19(27)14-10-22-26-8-7-17(24-18(14)26)25-11-12-5-6-13(25)9-21-12/h1-4,7-8,10,12-13,21H,5-6,9,11H2,(H,23,27). The molecule has 2 aromatic heterocycles. The topological polar surface area (TPSA) is 74.6 Å². The molecule has 2 bridgehead atoms. The quantitative estimate of drug-likeness (QED) is 0.673. The van der Waals surface area contributed by atoms with E-state index in [1.165, 1.54) is 12.8 Å². The lowest BCUT2D eigenvalue weighted by Crippen LogP contribution is -2.61. The molecule has 2 unspecified atom stereocenters. The average molecular weight is 427 g/mol. The molecular weight excluding hydrogens is 408 g/mol. The number of piperazine rings is 1. The summed E-state index contributed by atoms with van der Waals surface area (Å²) in [7, 11) is 0. The van der Waals surface area contributed by atoms with Crippen LogP contribution < -0.4 is 15.5 Å². The molecule has 8 heteroatoms. The fraction of sp³-hybridized carbons (Fsp3) is 0.316. The van der Waals surface area contributed by atoms with Gasteiger partial charge in [0.1, 0.15) is 11.4 Å². The fourth-order valence-corrected chi connectivity index (χ4v) is 4.30. The van der Waals surface area contributed by atoms with Crippen molar-refractivity contribution in [3.63, 3.8) is 0 Å². The number of nitrogens with one attached hydrogen (secondary N) is 2. The van der Waals surface area contributed by atoms with Crippen LogP contribution in [0.25, 0.3) is 5.65 Å². The van der Waals surface area contributed by atoms with Gasteiger partial charge in [-0.2, -0.15) is 5.10 Å². The van der Waals surface area contributed by atoms with E-state index in [0.717, 1.165) is 29.1 Å². The molecule has 3 aliphatic rings. The van der Waals surface area contributed by atoms with Crippen LogP contribution in [0.5, 0.6) is 0 Å². The molecule has 27 heavy (non-hydrogen) atoms. The largest absolute Gasteiger partial charge is 0.351 e. The third kappa shape index (κ3) is 2.98. The van der Waals surface area contributed by atoms with Crippen molar-refractivity contribution in [3.05, 3.63) is 52.8 Å². The Hall–Kier alpha value is -2.45. The molecule has 2 atom stereocenters. The molecule has 3 saturated heterocycles. The number of amides is 1. The maximum atomic E-state index is 12.8. The number of hydrogen-bond acceptors (Lipinski definition) is 5. The molecule has 7 nitrogen and oxygen atoms in total. The molecule has 3 aliphatic heterocycles. The third-order valence-corrected chi connectivity index (χ3v) is 6.06. The van der Waals surface area contributed by atoms with Crippen LogP contribution in [0.4, 0.5) is 11.5 Å². The van der Waals surface area contributed by atoms with E-state index in [1.54, 1.807) is 10.7 Å². The molecule has 0 spiro atoms. The highest BCUT2D eigenvalue weighted by atomic mass is 79.9. The third-order valence-electron chi connectivity index (χ3n) is 5.36. The number of halogens is 1. The molecule has 0 radical (unpaired) electrons. The second-order valence-electron chi connectivity index (χ2n) is 7.03. The van der Waals surface area contributed by atoms with Crippen LogP contribution in [0.3, 0.4) is 0 Å². The average Bonchev–Trinajstić information content (AvgIpc) is 3.14. The number of fused-ring (bicyclic) bond motifs is 4. The van der Waals surface area contributed by atoms with Crippen LogP contribution in [0.2, 0.25) is 0 Å². The van der Waals surface area contributed by atoms with E-state index in [9.17, 15) is 4.79 Å². The molecule has 3 fully saturated rings. The van der Waals surface area contributed by atoms with Gasteiger partial charge in [-0.05, 0) is 47.0 Å². The number of rotatable bonds is 3. The number of anilines is 2. The molecule has 2 N–H and O–H groups in total. The van der Waals surface area contributed by atoms with Crippen molar-refractivity contribution in [2.24, 2.45) is 0 Å². The summed E-state index contributed by atoms with van der Waals surface area (Å²) in [5, 5.41) is 10.8. The van der Waals surface area contributed by atoms with Gasteiger partial charge in [0.25, 0.3) is 5.91 Å². The Labute approximate surface area is 164 Å². The van der Waals surface area contributed by atoms with Gasteiger partial charge < -0.3 is 15.5 Å². The van der Waals surface area contributed by atoms with E-state index in [1.807, 2.05) is 36.5 Å². The van der Waals surface area contributed by atoms with E-state index in [0.29, 0.717) is 23.3 Å².